The van der Waals surface area contributed by atoms with Crippen molar-refractivity contribution in [1.82, 2.24) is 0 Å². The van der Waals surface area contributed by atoms with Crippen LogP contribution in [0.25, 0.3) is 0 Å². The third kappa shape index (κ3) is 5.22. The van der Waals surface area contributed by atoms with Crippen LogP contribution in [0.2, 0.25) is 5.02 Å². The minimum absolute atomic E-state index is 0.0750. The summed E-state index contributed by atoms with van der Waals surface area (Å²) >= 11 is 5.59. The van der Waals surface area contributed by atoms with E-state index >= 15 is 0 Å². The van der Waals surface area contributed by atoms with Crippen LogP contribution in [0, 0.1) is 0 Å². The van der Waals surface area contributed by atoms with Gasteiger partial charge in [-0.05, 0) is 49.4 Å². The molecular formula is C17H14ClF3N2O2. The van der Waals surface area contributed by atoms with Crippen molar-refractivity contribution < 1.29 is 22.8 Å². The van der Waals surface area contributed by atoms with E-state index in [1.54, 1.807) is 24.3 Å². The van der Waals surface area contributed by atoms with Crippen molar-refractivity contribution in [3.8, 4) is 0 Å². The first-order chi connectivity index (χ1) is 11.7. The summed E-state index contributed by atoms with van der Waals surface area (Å²) < 4.78 is 38.9. The number of carbonyl (C=O) groups is 2. The monoisotopic (exact) mass is 370 g/mol. The zero-order valence-corrected chi connectivity index (χ0v) is 13.8. The normalized spacial score (nSPS) is 11.1. The number of hydrogen-bond donors (Lipinski definition) is 2. The van der Waals surface area contributed by atoms with E-state index in [0.717, 1.165) is 12.1 Å². The molecule has 0 bridgehead atoms. The summed E-state index contributed by atoms with van der Waals surface area (Å²) in [6.45, 7) is 1.19. The zero-order valence-electron chi connectivity index (χ0n) is 13.1. The number of hydrogen-bond acceptors (Lipinski definition) is 3. The van der Waals surface area contributed by atoms with E-state index in [0.29, 0.717) is 11.3 Å². The number of alkyl halides is 3. The van der Waals surface area contributed by atoms with Gasteiger partial charge in [-0.1, -0.05) is 11.6 Å². The minimum atomic E-state index is -4.64. The van der Waals surface area contributed by atoms with Crippen LogP contribution in [-0.4, -0.2) is 18.2 Å². The fourth-order valence-electron chi connectivity index (χ4n) is 2.06. The van der Waals surface area contributed by atoms with Crippen molar-refractivity contribution in [3.05, 3.63) is 58.6 Å². The minimum Gasteiger partial charge on any atom is -0.376 e. The first-order valence-corrected chi connectivity index (χ1v) is 7.56. The molecule has 0 spiro atoms. The van der Waals surface area contributed by atoms with Crippen molar-refractivity contribution in [1.29, 1.82) is 0 Å². The van der Waals surface area contributed by atoms with Gasteiger partial charge in [0.15, 0.2) is 5.78 Å². The Hall–Kier alpha value is -2.54. The molecule has 0 aromatic heterocycles. The molecule has 1 amide bonds. The average molecular weight is 371 g/mol. The van der Waals surface area contributed by atoms with Gasteiger partial charge >= 0.3 is 6.18 Å². The van der Waals surface area contributed by atoms with Gasteiger partial charge in [0.25, 0.3) is 0 Å². The Morgan fingerprint density at radius 2 is 1.72 bits per heavy atom. The lowest BCUT2D eigenvalue weighted by Gasteiger charge is -2.14. The maximum Gasteiger partial charge on any atom is 0.418 e. The van der Waals surface area contributed by atoms with E-state index in [1.165, 1.54) is 13.0 Å². The van der Waals surface area contributed by atoms with Crippen LogP contribution in [-0.2, 0) is 11.0 Å². The Bertz CT molecular complexity index is 789. The van der Waals surface area contributed by atoms with Gasteiger partial charge in [0.05, 0.1) is 17.8 Å². The van der Waals surface area contributed by atoms with Crippen molar-refractivity contribution in [2.24, 2.45) is 0 Å². The Morgan fingerprint density at radius 1 is 1.08 bits per heavy atom. The fraction of sp³-hybridized carbons (Fsp3) is 0.176. The van der Waals surface area contributed by atoms with E-state index in [-0.39, 0.29) is 23.0 Å². The maximum absolute atomic E-state index is 13.0. The highest BCUT2D eigenvalue weighted by Gasteiger charge is 2.34. The molecule has 132 valence electrons. The summed E-state index contributed by atoms with van der Waals surface area (Å²) in [6.07, 6.45) is -4.64. The number of rotatable bonds is 5. The predicted molar refractivity (Wildman–Crippen MR) is 90.0 cm³/mol. The van der Waals surface area contributed by atoms with Gasteiger partial charge in [-0.25, -0.2) is 0 Å². The lowest BCUT2D eigenvalue weighted by atomic mass is 10.1. The Balaban J connectivity index is 2.02. The van der Waals surface area contributed by atoms with Gasteiger partial charge < -0.3 is 10.6 Å². The van der Waals surface area contributed by atoms with Crippen LogP contribution in [0.15, 0.2) is 42.5 Å². The largest absolute Gasteiger partial charge is 0.418 e. The second kappa shape index (κ2) is 7.57. The zero-order chi connectivity index (χ0) is 18.6. The number of halogens is 4. The average Bonchev–Trinajstić information content (AvgIpc) is 2.54. The maximum atomic E-state index is 13.0. The summed E-state index contributed by atoms with van der Waals surface area (Å²) in [5.74, 6) is -0.741. The molecule has 0 aliphatic heterocycles. The van der Waals surface area contributed by atoms with Crippen LogP contribution in [0.1, 0.15) is 22.8 Å². The number of ketones is 1. The number of nitrogens with one attached hydrogen (secondary N) is 2. The summed E-state index contributed by atoms with van der Waals surface area (Å²) in [5.41, 5.74) is -0.298. The van der Waals surface area contributed by atoms with Crippen LogP contribution in [0.4, 0.5) is 24.5 Å². The van der Waals surface area contributed by atoms with Crippen molar-refractivity contribution >= 4 is 34.7 Å². The highest BCUT2D eigenvalue weighted by atomic mass is 35.5. The van der Waals surface area contributed by atoms with Crippen molar-refractivity contribution in [3.63, 3.8) is 0 Å². The molecule has 0 aliphatic carbocycles. The second-order valence-corrected chi connectivity index (χ2v) is 5.66. The summed E-state index contributed by atoms with van der Waals surface area (Å²) in [5, 5.41) is 4.90. The highest BCUT2D eigenvalue weighted by molar-refractivity contribution is 6.30. The molecule has 0 atom stereocenters. The molecule has 0 saturated heterocycles. The molecule has 0 heterocycles. The molecule has 2 N–H and O–H groups in total. The summed E-state index contributed by atoms with van der Waals surface area (Å²) in [6, 6.07) is 9.50. The summed E-state index contributed by atoms with van der Waals surface area (Å²) in [4.78, 5) is 23.1. The van der Waals surface area contributed by atoms with E-state index in [2.05, 4.69) is 10.6 Å². The molecule has 0 aliphatic rings. The molecule has 2 rings (SSSR count). The van der Waals surface area contributed by atoms with Gasteiger partial charge in [0.1, 0.15) is 0 Å². The first-order valence-electron chi connectivity index (χ1n) is 7.18. The van der Waals surface area contributed by atoms with Gasteiger partial charge in [-0.15, -0.1) is 0 Å². The van der Waals surface area contributed by atoms with E-state index in [4.69, 9.17) is 11.6 Å². The smallest absolute Gasteiger partial charge is 0.376 e. The Kier molecular flexibility index (Phi) is 5.69. The van der Waals surface area contributed by atoms with Crippen LogP contribution in [0.3, 0.4) is 0 Å². The quantitative estimate of drug-likeness (QED) is 0.755. The molecule has 0 radical (unpaired) electrons. The Labute approximate surface area is 147 Å². The second-order valence-electron chi connectivity index (χ2n) is 5.22. The summed E-state index contributed by atoms with van der Waals surface area (Å²) in [7, 11) is 0. The highest BCUT2D eigenvalue weighted by Crippen LogP contribution is 2.36. The number of carbonyl (C=O) groups excluding carboxylic acids is 2. The molecule has 0 saturated carbocycles. The first kappa shape index (κ1) is 18.8. The molecular weight excluding hydrogens is 357 g/mol. The third-order valence-electron chi connectivity index (χ3n) is 3.31. The van der Waals surface area contributed by atoms with Crippen molar-refractivity contribution in [2.45, 2.75) is 13.1 Å². The predicted octanol–water partition coefficient (Wildman–Crippen LogP) is 4.61. The van der Waals surface area contributed by atoms with Crippen LogP contribution in [0.5, 0.6) is 0 Å². The lowest BCUT2D eigenvalue weighted by Crippen LogP contribution is -2.23. The number of benzene rings is 2. The SMILES string of the molecule is CC(=O)c1ccc(NCC(=O)Nc2ccc(Cl)cc2C(F)(F)F)cc1. The van der Waals surface area contributed by atoms with Crippen LogP contribution < -0.4 is 10.6 Å². The van der Waals surface area contributed by atoms with E-state index in [9.17, 15) is 22.8 Å². The van der Waals surface area contributed by atoms with Crippen LogP contribution >= 0.6 is 11.6 Å². The molecule has 8 heteroatoms. The molecule has 4 nitrogen and oxygen atoms in total. The fourth-order valence-corrected chi connectivity index (χ4v) is 2.23. The number of anilines is 2. The third-order valence-corrected chi connectivity index (χ3v) is 3.54. The van der Waals surface area contributed by atoms with E-state index < -0.39 is 17.6 Å². The van der Waals surface area contributed by atoms with Gasteiger partial charge in [-0.3, -0.25) is 9.59 Å². The lowest BCUT2D eigenvalue weighted by molar-refractivity contribution is -0.137. The molecule has 0 fully saturated rings. The van der Waals surface area contributed by atoms with Gasteiger partial charge in [0.2, 0.25) is 5.91 Å². The van der Waals surface area contributed by atoms with Gasteiger partial charge in [0, 0.05) is 16.3 Å². The standard InChI is InChI=1S/C17H14ClF3N2O2/c1-10(24)11-2-5-13(6-3-11)22-9-16(25)23-15-7-4-12(18)8-14(15)17(19,20)21/h2-8,22H,9H2,1H3,(H,23,25). The molecule has 0 unspecified atom stereocenters. The Morgan fingerprint density at radius 3 is 2.28 bits per heavy atom. The van der Waals surface area contributed by atoms with E-state index in [1.807, 2.05) is 0 Å². The van der Waals surface area contributed by atoms with Crippen molar-refractivity contribution in [2.75, 3.05) is 17.2 Å². The number of amides is 1. The number of Topliss-reactive ketones (excluding diaryl/α,β-unsaturated/α-hetero) is 1. The topological polar surface area (TPSA) is 58.2 Å². The van der Waals surface area contributed by atoms with Gasteiger partial charge in [-0.2, -0.15) is 13.2 Å². The molecule has 25 heavy (non-hydrogen) atoms. The molecule has 2 aromatic carbocycles. The molecule has 2 aromatic rings.